The zero-order valence-electron chi connectivity index (χ0n) is 15.5. The summed E-state index contributed by atoms with van der Waals surface area (Å²) in [5, 5.41) is 8.57. The minimum absolute atomic E-state index is 0.251. The predicted octanol–water partition coefficient (Wildman–Crippen LogP) is 4.28. The van der Waals surface area contributed by atoms with Gasteiger partial charge in [0.15, 0.2) is 0 Å². The van der Waals surface area contributed by atoms with Gasteiger partial charge in [-0.3, -0.25) is 14.6 Å². The standard InChI is InChI=1S/C23H19N3O2S/c27-22(25-18-10-11-19-17(15-18)8-4-12-24-19)20(14-16-6-2-1-3-7-16)26-23(28)21-9-5-13-29-21/h1-13,15,20H,14H2,(H,25,27)(H,26,28). The molecule has 0 saturated heterocycles. The van der Waals surface area contributed by atoms with Crippen LogP contribution < -0.4 is 10.6 Å². The second-order valence-corrected chi connectivity index (χ2v) is 7.54. The Kier molecular flexibility index (Phi) is 5.63. The highest BCUT2D eigenvalue weighted by atomic mass is 32.1. The van der Waals surface area contributed by atoms with E-state index in [-0.39, 0.29) is 11.8 Å². The van der Waals surface area contributed by atoms with Crippen molar-refractivity contribution >= 4 is 39.7 Å². The van der Waals surface area contributed by atoms with E-state index in [0.29, 0.717) is 17.0 Å². The molecule has 4 rings (SSSR count). The van der Waals surface area contributed by atoms with E-state index in [1.807, 2.05) is 72.1 Å². The van der Waals surface area contributed by atoms with E-state index in [2.05, 4.69) is 15.6 Å². The summed E-state index contributed by atoms with van der Waals surface area (Å²) in [6, 6.07) is 21.9. The van der Waals surface area contributed by atoms with Crippen LogP contribution in [0.4, 0.5) is 5.69 Å². The molecular weight excluding hydrogens is 382 g/mol. The smallest absolute Gasteiger partial charge is 0.262 e. The van der Waals surface area contributed by atoms with E-state index in [1.165, 1.54) is 11.3 Å². The molecule has 0 bridgehead atoms. The Morgan fingerprint density at radius 2 is 1.83 bits per heavy atom. The second kappa shape index (κ2) is 8.67. The molecule has 0 aliphatic heterocycles. The van der Waals surface area contributed by atoms with Gasteiger partial charge in [0, 0.05) is 23.7 Å². The number of carbonyl (C=O) groups is 2. The maximum atomic E-state index is 13.0. The maximum absolute atomic E-state index is 13.0. The molecule has 1 unspecified atom stereocenters. The van der Waals surface area contributed by atoms with Gasteiger partial charge in [-0.1, -0.05) is 42.5 Å². The lowest BCUT2D eigenvalue weighted by molar-refractivity contribution is -0.118. The Morgan fingerprint density at radius 3 is 2.62 bits per heavy atom. The summed E-state index contributed by atoms with van der Waals surface area (Å²) in [6.07, 6.45) is 2.13. The van der Waals surface area contributed by atoms with Crippen LogP contribution in [0.25, 0.3) is 10.9 Å². The molecule has 2 amide bonds. The lowest BCUT2D eigenvalue weighted by Crippen LogP contribution is -2.45. The first-order chi connectivity index (χ1) is 14.2. The number of hydrogen-bond acceptors (Lipinski definition) is 4. The van der Waals surface area contributed by atoms with Crippen LogP contribution in [0, 0.1) is 0 Å². The molecule has 4 aromatic rings. The average Bonchev–Trinajstić information content (AvgIpc) is 3.29. The van der Waals surface area contributed by atoms with Crippen molar-refractivity contribution in [1.29, 1.82) is 0 Å². The average molecular weight is 401 g/mol. The maximum Gasteiger partial charge on any atom is 0.262 e. The van der Waals surface area contributed by atoms with Crippen molar-refractivity contribution in [3.63, 3.8) is 0 Å². The van der Waals surface area contributed by atoms with Crippen LogP contribution in [0.2, 0.25) is 0 Å². The number of anilines is 1. The molecule has 5 nitrogen and oxygen atoms in total. The predicted molar refractivity (Wildman–Crippen MR) is 116 cm³/mol. The Balaban J connectivity index is 1.54. The summed E-state index contributed by atoms with van der Waals surface area (Å²) in [5.41, 5.74) is 2.50. The summed E-state index contributed by atoms with van der Waals surface area (Å²) >= 11 is 1.35. The normalized spacial score (nSPS) is 11.7. The molecule has 0 fully saturated rings. The third-order valence-electron chi connectivity index (χ3n) is 4.52. The molecule has 0 aliphatic carbocycles. The number of aromatic nitrogens is 1. The monoisotopic (exact) mass is 401 g/mol. The number of amides is 2. The number of fused-ring (bicyclic) bond motifs is 1. The molecule has 144 valence electrons. The molecule has 0 spiro atoms. The van der Waals surface area contributed by atoms with Crippen LogP contribution in [0.1, 0.15) is 15.2 Å². The fourth-order valence-electron chi connectivity index (χ4n) is 3.08. The van der Waals surface area contributed by atoms with Crippen molar-refractivity contribution in [3.8, 4) is 0 Å². The fourth-order valence-corrected chi connectivity index (χ4v) is 3.71. The number of rotatable bonds is 6. The third-order valence-corrected chi connectivity index (χ3v) is 5.39. The Bertz CT molecular complexity index is 1130. The van der Waals surface area contributed by atoms with Crippen LogP contribution in [0.15, 0.2) is 84.4 Å². The molecule has 6 heteroatoms. The highest BCUT2D eigenvalue weighted by Gasteiger charge is 2.22. The Labute approximate surface area is 172 Å². The minimum Gasteiger partial charge on any atom is -0.339 e. The van der Waals surface area contributed by atoms with E-state index in [0.717, 1.165) is 16.5 Å². The summed E-state index contributed by atoms with van der Waals surface area (Å²) < 4.78 is 0. The van der Waals surface area contributed by atoms with E-state index in [1.54, 1.807) is 12.3 Å². The lowest BCUT2D eigenvalue weighted by atomic mass is 10.0. The number of carbonyl (C=O) groups excluding carboxylic acids is 2. The number of nitrogens with zero attached hydrogens (tertiary/aromatic N) is 1. The number of thiophene rings is 1. The Hall–Kier alpha value is -3.51. The van der Waals surface area contributed by atoms with Gasteiger partial charge < -0.3 is 10.6 Å². The largest absolute Gasteiger partial charge is 0.339 e. The van der Waals surface area contributed by atoms with Gasteiger partial charge in [-0.15, -0.1) is 11.3 Å². The summed E-state index contributed by atoms with van der Waals surface area (Å²) in [5.74, 6) is -0.513. The van der Waals surface area contributed by atoms with Crippen molar-refractivity contribution in [2.24, 2.45) is 0 Å². The fraction of sp³-hybridized carbons (Fsp3) is 0.0870. The molecule has 1 atom stereocenters. The van der Waals surface area contributed by atoms with E-state index >= 15 is 0 Å². The Morgan fingerprint density at radius 1 is 0.966 bits per heavy atom. The highest BCUT2D eigenvalue weighted by molar-refractivity contribution is 7.12. The summed E-state index contributed by atoms with van der Waals surface area (Å²) in [6.45, 7) is 0. The molecular formula is C23H19N3O2S. The van der Waals surface area contributed by atoms with Gasteiger partial charge in [-0.25, -0.2) is 0 Å². The van der Waals surface area contributed by atoms with Gasteiger partial charge >= 0.3 is 0 Å². The van der Waals surface area contributed by atoms with E-state index < -0.39 is 6.04 Å². The molecule has 0 saturated carbocycles. The number of pyridine rings is 1. The van der Waals surface area contributed by atoms with Gasteiger partial charge in [0.05, 0.1) is 10.4 Å². The van der Waals surface area contributed by atoms with Crippen molar-refractivity contribution in [1.82, 2.24) is 10.3 Å². The van der Waals surface area contributed by atoms with Gasteiger partial charge in [-0.05, 0) is 41.3 Å². The SMILES string of the molecule is O=C(NC(Cc1ccccc1)C(=O)Nc1ccc2ncccc2c1)c1cccs1. The van der Waals surface area contributed by atoms with Gasteiger partial charge in [-0.2, -0.15) is 0 Å². The first kappa shape index (κ1) is 18.8. The number of benzene rings is 2. The van der Waals surface area contributed by atoms with Crippen LogP contribution in [0.3, 0.4) is 0 Å². The minimum atomic E-state index is -0.698. The van der Waals surface area contributed by atoms with Crippen LogP contribution in [-0.2, 0) is 11.2 Å². The molecule has 0 aliphatic rings. The van der Waals surface area contributed by atoms with E-state index in [9.17, 15) is 9.59 Å². The van der Waals surface area contributed by atoms with Crippen molar-refractivity contribution < 1.29 is 9.59 Å². The number of hydrogen-bond donors (Lipinski definition) is 2. The third kappa shape index (κ3) is 4.67. The van der Waals surface area contributed by atoms with Crippen molar-refractivity contribution in [2.75, 3.05) is 5.32 Å². The number of nitrogens with one attached hydrogen (secondary N) is 2. The molecule has 2 aromatic heterocycles. The summed E-state index contributed by atoms with van der Waals surface area (Å²) in [7, 11) is 0. The zero-order chi connectivity index (χ0) is 20.1. The molecule has 2 N–H and O–H groups in total. The zero-order valence-corrected chi connectivity index (χ0v) is 16.4. The molecule has 2 heterocycles. The second-order valence-electron chi connectivity index (χ2n) is 6.59. The van der Waals surface area contributed by atoms with Crippen molar-refractivity contribution in [3.05, 3.63) is 94.8 Å². The first-order valence-electron chi connectivity index (χ1n) is 9.23. The van der Waals surface area contributed by atoms with Crippen LogP contribution in [-0.4, -0.2) is 22.8 Å². The molecule has 2 aromatic carbocycles. The lowest BCUT2D eigenvalue weighted by Gasteiger charge is -2.18. The van der Waals surface area contributed by atoms with Crippen LogP contribution >= 0.6 is 11.3 Å². The van der Waals surface area contributed by atoms with Gasteiger partial charge in [0.2, 0.25) is 5.91 Å². The van der Waals surface area contributed by atoms with Crippen molar-refractivity contribution in [2.45, 2.75) is 12.5 Å². The van der Waals surface area contributed by atoms with Crippen LogP contribution in [0.5, 0.6) is 0 Å². The quantitative estimate of drug-likeness (QED) is 0.507. The molecule has 29 heavy (non-hydrogen) atoms. The molecule has 0 radical (unpaired) electrons. The summed E-state index contributed by atoms with van der Waals surface area (Å²) in [4.78, 5) is 30.4. The van der Waals surface area contributed by atoms with E-state index in [4.69, 9.17) is 0 Å². The van der Waals surface area contributed by atoms with Gasteiger partial charge in [0.1, 0.15) is 6.04 Å². The first-order valence-corrected chi connectivity index (χ1v) is 10.1. The van der Waals surface area contributed by atoms with Gasteiger partial charge in [0.25, 0.3) is 5.91 Å². The topological polar surface area (TPSA) is 71.1 Å². The highest BCUT2D eigenvalue weighted by Crippen LogP contribution is 2.18.